The fraction of sp³-hybridized carbons (Fsp3) is 0.217. The number of amides is 1. The number of rotatable bonds is 9. The molecule has 3 aromatic rings. The number of aromatic nitrogens is 1. The van der Waals surface area contributed by atoms with Crippen LogP contribution in [0, 0.1) is 0 Å². The van der Waals surface area contributed by atoms with Gasteiger partial charge in [0.05, 0.1) is 5.56 Å². The van der Waals surface area contributed by atoms with Crippen LogP contribution in [0.1, 0.15) is 38.3 Å². The van der Waals surface area contributed by atoms with E-state index in [1.54, 1.807) is 18.2 Å². The Hall–Kier alpha value is -3.39. The number of hydrogen-bond donors (Lipinski definition) is 2. The first-order valence-corrected chi connectivity index (χ1v) is 9.75. The molecule has 0 atom stereocenters. The zero-order chi connectivity index (χ0) is 22.3. The SMILES string of the molecule is O=Cc1cc(C(=O)NCCCNCc2cccc(C(F)(F)F)c2)cc(-n2cccc2)c1. The Kier molecular flexibility index (Phi) is 7.25. The lowest BCUT2D eigenvalue weighted by Gasteiger charge is -2.11. The van der Waals surface area contributed by atoms with Crippen molar-refractivity contribution in [2.24, 2.45) is 0 Å². The second kappa shape index (κ2) is 10.1. The molecule has 0 spiro atoms. The summed E-state index contributed by atoms with van der Waals surface area (Å²) >= 11 is 0. The summed E-state index contributed by atoms with van der Waals surface area (Å²) < 4.78 is 40.0. The summed E-state index contributed by atoms with van der Waals surface area (Å²) in [6.07, 6.45) is 0.579. The normalized spacial score (nSPS) is 11.3. The Bertz CT molecular complexity index is 1030. The first-order valence-electron chi connectivity index (χ1n) is 9.75. The predicted molar refractivity (Wildman–Crippen MR) is 111 cm³/mol. The summed E-state index contributed by atoms with van der Waals surface area (Å²) in [7, 11) is 0. The molecule has 0 fully saturated rings. The number of alkyl halides is 3. The van der Waals surface area contributed by atoms with Crippen molar-refractivity contribution < 1.29 is 22.8 Å². The largest absolute Gasteiger partial charge is 0.416 e. The van der Waals surface area contributed by atoms with Crippen LogP contribution in [0.25, 0.3) is 5.69 Å². The van der Waals surface area contributed by atoms with Crippen molar-refractivity contribution in [3.05, 3.63) is 89.2 Å². The van der Waals surface area contributed by atoms with Crippen molar-refractivity contribution in [1.29, 1.82) is 0 Å². The minimum atomic E-state index is -4.36. The van der Waals surface area contributed by atoms with Gasteiger partial charge < -0.3 is 15.2 Å². The summed E-state index contributed by atoms with van der Waals surface area (Å²) in [5.74, 6) is -0.296. The third-order valence-electron chi connectivity index (χ3n) is 4.64. The van der Waals surface area contributed by atoms with Crippen LogP contribution < -0.4 is 10.6 Å². The van der Waals surface area contributed by atoms with E-state index < -0.39 is 11.7 Å². The Morgan fingerprint density at radius 3 is 2.48 bits per heavy atom. The molecule has 0 bridgehead atoms. The number of nitrogens with one attached hydrogen (secondary N) is 2. The fourth-order valence-electron chi connectivity index (χ4n) is 3.10. The molecule has 8 heteroatoms. The van der Waals surface area contributed by atoms with E-state index in [2.05, 4.69) is 10.6 Å². The van der Waals surface area contributed by atoms with Gasteiger partial charge >= 0.3 is 6.18 Å². The molecule has 0 aliphatic rings. The maximum Gasteiger partial charge on any atom is 0.416 e. The molecule has 0 unspecified atom stereocenters. The molecule has 1 aromatic heterocycles. The minimum Gasteiger partial charge on any atom is -0.352 e. The standard InChI is InChI=1S/C23H22F3N3O2/c24-23(25,26)20-6-3-5-17(12-20)15-27-7-4-8-28-22(31)19-11-18(16-30)13-21(14-19)29-9-1-2-10-29/h1-3,5-6,9-14,16,27H,4,7-8,15H2,(H,28,31). The Labute approximate surface area is 177 Å². The number of halogens is 3. The summed E-state index contributed by atoms with van der Waals surface area (Å²) in [4.78, 5) is 23.7. The van der Waals surface area contributed by atoms with Crippen molar-refractivity contribution in [3.8, 4) is 5.69 Å². The highest BCUT2D eigenvalue weighted by Gasteiger charge is 2.30. The van der Waals surface area contributed by atoms with Crippen molar-refractivity contribution >= 4 is 12.2 Å². The van der Waals surface area contributed by atoms with Crippen LogP contribution in [0.15, 0.2) is 67.0 Å². The second-order valence-electron chi connectivity index (χ2n) is 7.01. The average Bonchev–Trinajstić information content (AvgIpc) is 3.30. The maximum atomic E-state index is 12.7. The van der Waals surface area contributed by atoms with Crippen molar-refractivity contribution in [2.45, 2.75) is 19.1 Å². The molecule has 0 aliphatic carbocycles. The van der Waals surface area contributed by atoms with E-state index in [-0.39, 0.29) is 5.91 Å². The molecule has 3 rings (SSSR count). The number of carbonyl (C=O) groups excluding carboxylic acids is 2. The molecule has 0 saturated carbocycles. The lowest BCUT2D eigenvalue weighted by molar-refractivity contribution is -0.137. The highest BCUT2D eigenvalue weighted by Crippen LogP contribution is 2.29. The van der Waals surface area contributed by atoms with Crippen LogP contribution in [0.3, 0.4) is 0 Å². The molecule has 2 aromatic carbocycles. The monoisotopic (exact) mass is 429 g/mol. The molecule has 1 amide bonds. The van der Waals surface area contributed by atoms with E-state index in [9.17, 15) is 22.8 Å². The van der Waals surface area contributed by atoms with Gasteiger partial charge in [0, 0.05) is 42.3 Å². The van der Waals surface area contributed by atoms with E-state index >= 15 is 0 Å². The number of carbonyl (C=O) groups is 2. The molecular weight excluding hydrogens is 407 g/mol. The van der Waals surface area contributed by atoms with Gasteiger partial charge in [0.2, 0.25) is 0 Å². The number of aldehydes is 1. The van der Waals surface area contributed by atoms with Crippen LogP contribution in [-0.4, -0.2) is 29.8 Å². The van der Waals surface area contributed by atoms with Gasteiger partial charge in [-0.2, -0.15) is 13.2 Å². The molecule has 0 aliphatic heterocycles. The Morgan fingerprint density at radius 2 is 1.77 bits per heavy atom. The summed E-state index contributed by atoms with van der Waals surface area (Å²) in [5, 5.41) is 5.87. The van der Waals surface area contributed by atoms with Gasteiger partial charge in [0.1, 0.15) is 6.29 Å². The van der Waals surface area contributed by atoms with Gasteiger partial charge in [-0.25, -0.2) is 0 Å². The zero-order valence-electron chi connectivity index (χ0n) is 16.7. The third-order valence-corrected chi connectivity index (χ3v) is 4.64. The lowest BCUT2D eigenvalue weighted by Crippen LogP contribution is -2.27. The first-order chi connectivity index (χ1) is 14.9. The third kappa shape index (κ3) is 6.29. The summed E-state index contributed by atoms with van der Waals surface area (Å²) in [5.41, 5.74) is 1.37. The molecule has 1 heterocycles. The van der Waals surface area contributed by atoms with E-state index in [4.69, 9.17) is 0 Å². The number of hydrogen-bond acceptors (Lipinski definition) is 3. The maximum absolute atomic E-state index is 12.7. The molecule has 5 nitrogen and oxygen atoms in total. The highest BCUT2D eigenvalue weighted by molar-refractivity contribution is 5.96. The van der Waals surface area contributed by atoms with E-state index in [0.717, 1.165) is 12.1 Å². The Morgan fingerprint density at radius 1 is 1.00 bits per heavy atom. The van der Waals surface area contributed by atoms with Crippen molar-refractivity contribution in [3.63, 3.8) is 0 Å². The van der Waals surface area contributed by atoms with Gasteiger partial charge in [-0.15, -0.1) is 0 Å². The van der Waals surface area contributed by atoms with Crippen molar-refractivity contribution in [1.82, 2.24) is 15.2 Å². The van der Waals surface area contributed by atoms with Gasteiger partial charge in [-0.1, -0.05) is 18.2 Å². The fourth-order valence-corrected chi connectivity index (χ4v) is 3.10. The molecule has 2 N–H and O–H groups in total. The van der Waals surface area contributed by atoms with Gasteiger partial charge in [0.25, 0.3) is 5.91 Å². The summed E-state index contributed by atoms with van der Waals surface area (Å²) in [6, 6.07) is 13.8. The van der Waals surface area contributed by atoms with Gasteiger partial charge in [-0.3, -0.25) is 9.59 Å². The van der Waals surface area contributed by atoms with E-state index in [1.165, 1.54) is 12.1 Å². The topological polar surface area (TPSA) is 63.1 Å². The second-order valence-corrected chi connectivity index (χ2v) is 7.01. The van der Waals surface area contributed by atoms with Crippen LogP contribution in [-0.2, 0) is 12.7 Å². The van der Waals surface area contributed by atoms with E-state index in [1.807, 2.05) is 29.1 Å². The van der Waals surface area contributed by atoms with Gasteiger partial charge in [0.15, 0.2) is 0 Å². The minimum absolute atomic E-state index is 0.296. The van der Waals surface area contributed by atoms with Crippen molar-refractivity contribution in [2.75, 3.05) is 13.1 Å². The van der Waals surface area contributed by atoms with E-state index in [0.29, 0.717) is 54.7 Å². The molecule has 0 saturated heterocycles. The highest BCUT2D eigenvalue weighted by atomic mass is 19.4. The number of benzene rings is 2. The lowest BCUT2D eigenvalue weighted by atomic mass is 10.1. The Balaban J connectivity index is 1.47. The quantitative estimate of drug-likeness (QED) is 0.396. The van der Waals surface area contributed by atoms with Gasteiger partial charge in [-0.05, 0) is 54.9 Å². The molecule has 31 heavy (non-hydrogen) atoms. The molecular formula is C23H22F3N3O2. The average molecular weight is 429 g/mol. The first kappa shape index (κ1) is 22.3. The number of nitrogens with zero attached hydrogens (tertiary/aromatic N) is 1. The van der Waals surface area contributed by atoms with Crippen LogP contribution in [0.2, 0.25) is 0 Å². The molecule has 0 radical (unpaired) electrons. The van der Waals surface area contributed by atoms with Crippen LogP contribution >= 0.6 is 0 Å². The van der Waals surface area contributed by atoms with Crippen LogP contribution in [0.5, 0.6) is 0 Å². The smallest absolute Gasteiger partial charge is 0.352 e. The van der Waals surface area contributed by atoms with Crippen LogP contribution in [0.4, 0.5) is 13.2 Å². The summed E-state index contributed by atoms with van der Waals surface area (Å²) in [6.45, 7) is 1.22. The molecule has 162 valence electrons. The zero-order valence-corrected chi connectivity index (χ0v) is 16.7. The predicted octanol–water partition coefficient (Wildman–Crippen LogP) is 4.22.